The number of hydrogen-bond acceptors (Lipinski definition) is 4. The van der Waals surface area contributed by atoms with Crippen LogP contribution < -0.4 is 4.74 Å². The molecule has 1 heterocycles. The first-order valence-electron chi connectivity index (χ1n) is 6.12. The summed E-state index contributed by atoms with van der Waals surface area (Å²) in [5, 5.41) is 12.6. The van der Waals surface area contributed by atoms with Gasteiger partial charge in [0, 0.05) is 16.8 Å². The van der Waals surface area contributed by atoms with E-state index in [2.05, 4.69) is 4.98 Å². The Morgan fingerprint density at radius 3 is 2.95 bits per heavy atom. The maximum Gasteiger partial charge on any atom is 0.122 e. The third-order valence-corrected chi connectivity index (χ3v) is 3.88. The molecule has 0 fully saturated rings. The van der Waals surface area contributed by atoms with Gasteiger partial charge in [0.15, 0.2) is 0 Å². The first-order valence-corrected chi connectivity index (χ1v) is 7.38. The highest BCUT2D eigenvalue weighted by Crippen LogP contribution is 2.22. The highest BCUT2D eigenvalue weighted by atomic mass is 35.5. The SMILES string of the molecule is Cc1cc(Cl)ccc1OCCCc1nc(CO)cs1. The van der Waals surface area contributed by atoms with Gasteiger partial charge < -0.3 is 9.84 Å². The van der Waals surface area contributed by atoms with Gasteiger partial charge in [0.05, 0.1) is 23.9 Å². The molecule has 0 spiro atoms. The molecule has 3 nitrogen and oxygen atoms in total. The number of aryl methyl sites for hydroxylation is 2. The zero-order chi connectivity index (χ0) is 13.7. The number of nitrogens with zero attached hydrogens (tertiary/aromatic N) is 1. The molecule has 0 radical (unpaired) electrons. The Morgan fingerprint density at radius 1 is 1.42 bits per heavy atom. The van der Waals surface area contributed by atoms with Crippen LogP contribution in [0.15, 0.2) is 23.6 Å². The van der Waals surface area contributed by atoms with Crippen LogP contribution in [0.3, 0.4) is 0 Å². The number of thiazole rings is 1. The molecule has 2 rings (SSSR count). The predicted octanol–water partition coefficient (Wildman–Crippen LogP) is 3.61. The molecular formula is C14H16ClNO2S. The molecule has 0 saturated carbocycles. The summed E-state index contributed by atoms with van der Waals surface area (Å²) in [7, 11) is 0. The van der Waals surface area contributed by atoms with Crippen LogP contribution in [0.1, 0.15) is 22.7 Å². The van der Waals surface area contributed by atoms with Crippen molar-refractivity contribution < 1.29 is 9.84 Å². The van der Waals surface area contributed by atoms with Gasteiger partial charge in [-0.25, -0.2) is 4.98 Å². The van der Waals surface area contributed by atoms with Crippen LogP contribution in [0.4, 0.5) is 0 Å². The standard InChI is InChI=1S/C14H16ClNO2S/c1-10-7-11(15)4-5-13(10)18-6-2-3-14-16-12(8-17)9-19-14/h4-5,7,9,17H,2-3,6,8H2,1H3. The number of ether oxygens (including phenoxy) is 1. The summed E-state index contributed by atoms with van der Waals surface area (Å²) < 4.78 is 5.72. The van der Waals surface area contributed by atoms with E-state index >= 15 is 0 Å². The van der Waals surface area contributed by atoms with E-state index in [-0.39, 0.29) is 6.61 Å². The van der Waals surface area contributed by atoms with Crippen LogP contribution in [0.5, 0.6) is 5.75 Å². The first-order chi connectivity index (χ1) is 9.19. The van der Waals surface area contributed by atoms with Gasteiger partial charge in [-0.15, -0.1) is 11.3 Å². The van der Waals surface area contributed by atoms with Crippen LogP contribution in [-0.2, 0) is 13.0 Å². The topological polar surface area (TPSA) is 42.4 Å². The van der Waals surface area contributed by atoms with E-state index in [0.29, 0.717) is 6.61 Å². The molecule has 0 bridgehead atoms. The zero-order valence-corrected chi connectivity index (χ0v) is 12.3. The van der Waals surface area contributed by atoms with Crippen LogP contribution in [-0.4, -0.2) is 16.7 Å². The molecule has 0 amide bonds. The smallest absolute Gasteiger partial charge is 0.122 e. The van der Waals surface area contributed by atoms with E-state index in [9.17, 15) is 0 Å². The van der Waals surface area contributed by atoms with Gasteiger partial charge in [0.25, 0.3) is 0 Å². The van der Waals surface area contributed by atoms with Crippen LogP contribution in [0, 0.1) is 6.92 Å². The maximum atomic E-state index is 8.93. The van der Waals surface area contributed by atoms with Gasteiger partial charge in [-0.1, -0.05) is 11.6 Å². The van der Waals surface area contributed by atoms with Crippen molar-refractivity contribution >= 4 is 22.9 Å². The van der Waals surface area contributed by atoms with Crippen LogP contribution >= 0.6 is 22.9 Å². The summed E-state index contributed by atoms with van der Waals surface area (Å²) in [6.45, 7) is 2.64. The minimum absolute atomic E-state index is 0.0109. The highest BCUT2D eigenvalue weighted by molar-refractivity contribution is 7.09. The number of benzene rings is 1. The largest absolute Gasteiger partial charge is 0.493 e. The van der Waals surface area contributed by atoms with Gasteiger partial charge >= 0.3 is 0 Å². The number of hydrogen-bond donors (Lipinski definition) is 1. The molecule has 1 aromatic carbocycles. The molecule has 19 heavy (non-hydrogen) atoms. The van der Waals surface area contributed by atoms with Crippen molar-refractivity contribution in [3.63, 3.8) is 0 Å². The summed E-state index contributed by atoms with van der Waals surface area (Å²) in [6.07, 6.45) is 1.78. The molecule has 0 saturated heterocycles. The quantitative estimate of drug-likeness (QED) is 0.828. The molecule has 1 N–H and O–H groups in total. The Hall–Kier alpha value is -1.10. The van der Waals surface area contributed by atoms with Crippen molar-refractivity contribution in [3.05, 3.63) is 44.9 Å². The van der Waals surface area contributed by atoms with Crippen molar-refractivity contribution in [2.75, 3.05) is 6.61 Å². The average Bonchev–Trinajstić information content (AvgIpc) is 2.84. The Bertz CT molecular complexity index is 542. The van der Waals surface area contributed by atoms with E-state index in [1.807, 2.05) is 30.5 Å². The second-order valence-corrected chi connectivity index (χ2v) is 5.63. The Morgan fingerprint density at radius 2 is 2.26 bits per heavy atom. The zero-order valence-electron chi connectivity index (χ0n) is 10.7. The first kappa shape index (κ1) is 14.3. The van der Waals surface area contributed by atoms with Crippen LogP contribution in [0.2, 0.25) is 5.02 Å². The summed E-state index contributed by atoms with van der Waals surface area (Å²) in [6, 6.07) is 5.62. The number of aliphatic hydroxyl groups is 1. The molecule has 5 heteroatoms. The third kappa shape index (κ3) is 4.20. The molecule has 0 unspecified atom stereocenters. The molecule has 0 aliphatic rings. The van der Waals surface area contributed by atoms with E-state index in [1.54, 1.807) is 11.3 Å². The lowest BCUT2D eigenvalue weighted by molar-refractivity contribution is 0.277. The lowest BCUT2D eigenvalue weighted by atomic mass is 10.2. The van der Waals surface area contributed by atoms with Crippen molar-refractivity contribution in [1.82, 2.24) is 4.98 Å². The number of halogens is 1. The second kappa shape index (κ2) is 6.89. The Labute approximate surface area is 121 Å². The molecule has 102 valence electrons. The van der Waals surface area contributed by atoms with Gasteiger partial charge in [0.1, 0.15) is 5.75 Å². The monoisotopic (exact) mass is 297 g/mol. The number of aromatic nitrogens is 1. The molecule has 0 aliphatic carbocycles. The van der Waals surface area contributed by atoms with E-state index in [0.717, 1.165) is 39.9 Å². The summed E-state index contributed by atoms with van der Waals surface area (Å²) in [5.41, 5.74) is 1.79. The van der Waals surface area contributed by atoms with E-state index in [4.69, 9.17) is 21.4 Å². The van der Waals surface area contributed by atoms with Crippen molar-refractivity contribution in [2.24, 2.45) is 0 Å². The van der Waals surface area contributed by atoms with Crippen molar-refractivity contribution in [2.45, 2.75) is 26.4 Å². The highest BCUT2D eigenvalue weighted by Gasteiger charge is 2.03. The summed E-state index contributed by atoms with van der Waals surface area (Å²) in [4.78, 5) is 4.30. The van der Waals surface area contributed by atoms with E-state index in [1.165, 1.54) is 0 Å². The van der Waals surface area contributed by atoms with Gasteiger partial charge in [-0.3, -0.25) is 0 Å². The lowest BCUT2D eigenvalue weighted by Gasteiger charge is -2.08. The fourth-order valence-corrected chi connectivity index (χ4v) is 2.77. The fraction of sp³-hybridized carbons (Fsp3) is 0.357. The van der Waals surface area contributed by atoms with Gasteiger partial charge in [-0.2, -0.15) is 0 Å². The predicted molar refractivity (Wildman–Crippen MR) is 78.0 cm³/mol. The minimum atomic E-state index is 0.0109. The van der Waals surface area contributed by atoms with E-state index < -0.39 is 0 Å². The molecular weight excluding hydrogens is 282 g/mol. The second-order valence-electron chi connectivity index (χ2n) is 4.25. The molecule has 2 aromatic rings. The minimum Gasteiger partial charge on any atom is -0.493 e. The number of rotatable bonds is 6. The van der Waals surface area contributed by atoms with Crippen molar-refractivity contribution in [3.8, 4) is 5.75 Å². The fourth-order valence-electron chi connectivity index (χ4n) is 1.72. The normalized spacial score (nSPS) is 10.7. The summed E-state index contributed by atoms with van der Waals surface area (Å²) in [5.74, 6) is 0.875. The molecule has 0 aliphatic heterocycles. The van der Waals surface area contributed by atoms with Gasteiger partial charge in [0.2, 0.25) is 0 Å². The third-order valence-electron chi connectivity index (χ3n) is 2.69. The Kier molecular flexibility index (Phi) is 5.19. The molecule has 1 aromatic heterocycles. The van der Waals surface area contributed by atoms with Crippen molar-refractivity contribution in [1.29, 1.82) is 0 Å². The Balaban J connectivity index is 1.77. The van der Waals surface area contributed by atoms with Gasteiger partial charge in [-0.05, 0) is 37.1 Å². The maximum absolute atomic E-state index is 8.93. The number of aliphatic hydroxyl groups excluding tert-OH is 1. The summed E-state index contributed by atoms with van der Waals surface area (Å²) >= 11 is 7.47. The van der Waals surface area contributed by atoms with Crippen LogP contribution in [0.25, 0.3) is 0 Å². The average molecular weight is 298 g/mol. The molecule has 0 atom stereocenters. The lowest BCUT2D eigenvalue weighted by Crippen LogP contribution is -2.00.